The summed E-state index contributed by atoms with van der Waals surface area (Å²) in [6, 6.07) is 58.4. The monoisotopic (exact) mass is 674 g/mol. The average Bonchev–Trinajstić information content (AvgIpc) is 3.54. The molecule has 0 amide bonds. The van der Waals surface area contributed by atoms with E-state index in [4.69, 9.17) is 0 Å². The van der Waals surface area contributed by atoms with Crippen LogP contribution < -0.4 is 9.80 Å². The van der Waals surface area contributed by atoms with Crippen LogP contribution in [-0.4, -0.2) is 0 Å². The molecule has 0 radical (unpaired) electrons. The molecule has 0 atom stereocenters. The first-order valence-corrected chi connectivity index (χ1v) is 18.7. The molecule has 2 aliphatic rings. The molecule has 7 aromatic carbocycles. The highest BCUT2D eigenvalue weighted by Gasteiger charge is 2.40. The molecule has 2 nitrogen and oxygen atoms in total. The van der Waals surface area contributed by atoms with Crippen molar-refractivity contribution in [1.82, 2.24) is 0 Å². The third-order valence-corrected chi connectivity index (χ3v) is 12.5. The summed E-state index contributed by atoms with van der Waals surface area (Å²) in [5.74, 6) is 0. The van der Waals surface area contributed by atoms with Crippen molar-refractivity contribution < 1.29 is 0 Å². The summed E-state index contributed by atoms with van der Waals surface area (Å²) in [6.45, 7) is 9.51. The van der Waals surface area contributed by atoms with E-state index in [1.807, 2.05) is 11.3 Å². The van der Waals surface area contributed by atoms with Gasteiger partial charge in [-0.05, 0) is 100 Å². The number of benzene rings is 7. The van der Waals surface area contributed by atoms with E-state index in [1.165, 1.54) is 87.7 Å². The summed E-state index contributed by atoms with van der Waals surface area (Å²) >= 11 is 1.90. The van der Waals surface area contributed by atoms with Gasteiger partial charge in [0.2, 0.25) is 0 Å². The lowest BCUT2D eigenvalue weighted by Gasteiger charge is -2.43. The van der Waals surface area contributed by atoms with Gasteiger partial charge in [-0.2, -0.15) is 0 Å². The fourth-order valence-corrected chi connectivity index (χ4v) is 10.0. The molecule has 2 aliphatic heterocycles. The van der Waals surface area contributed by atoms with Crippen molar-refractivity contribution in [1.29, 1.82) is 0 Å². The molecule has 0 bridgehead atoms. The molecule has 0 aliphatic carbocycles. The van der Waals surface area contributed by atoms with Crippen LogP contribution in [0.25, 0.3) is 31.3 Å². The van der Waals surface area contributed by atoms with Gasteiger partial charge in [0, 0.05) is 42.4 Å². The predicted molar refractivity (Wildman–Crippen MR) is 218 cm³/mol. The van der Waals surface area contributed by atoms with Crippen molar-refractivity contribution in [3.8, 4) is 11.1 Å². The van der Waals surface area contributed by atoms with Crippen molar-refractivity contribution in [3.63, 3.8) is 0 Å². The topological polar surface area (TPSA) is 6.48 Å². The van der Waals surface area contributed by atoms with Crippen molar-refractivity contribution in [2.75, 3.05) is 9.80 Å². The second-order valence-corrected chi connectivity index (χ2v) is 16.1. The molecule has 0 N–H and O–H groups in total. The normalized spacial score (nSPS) is 15.3. The third kappa shape index (κ3) is 4.34. The van der Waals surface area contributed by atoms with E-state index in [1.54, 1.807) is 0 Å². The van der Waals surface area contributed by atoms with Gasteiger partial charge >= 0.3 is 0 Å². The second-order valence-electron chi connectivity index (χ2n) is 15.0. The maximum atomic E-state index is 2.47. The summed E-state index contributed by atoms with van der Waals surface area (Å²) in [5.41, 5.74) is 14.9. The third-order valence-electron chi connectivity index (χ3n) is 11.4. The van der Waals surface area contributed by atoms with Crippen molar-refractivity contribution in [2.24, 2.45) is 0 Å². The number of thiophene rings is 1. The molecular formula is C48H38N2S. The summed E-state index contributed by atoms with van der Waals surface area (Å²) in [6.07, 6.45) is 0. The van der Waals surface area contributed by atoms with Crippen molar-refractivity contribution in [2.45, 2.75) is 38.5 Å². The smallest absolute Gasteiger partial charge is 0.0509 e. The van der Waals surface area contributed by atoms with Gasteiger partial charge in [0.15, 0.2) is 0 Å². The lowest BCUT2D eigenvalue weighted by molar-refractivity contribution is 0.632. The maximum absolute atomic E-state index is 2.47. The van der Waals surface area contributed by atoms with Gasteiger partial charge in [0.05, 0.1) is 22.7 Å². The Bertz CT molecular complexity index is 2600. The number of anilines is 6. The van der Waals surface area contributed by atoms with E-state index in [0.717, 1.165) is 0 Å². The minimum Gasteiger partial charge on any atom is -0.310 e. The Morgan fingerprint density at radius 3 is 1.69 bits per heavy atom. The quantitative estimate of drug-likeness (QED) is 0.184. The molecule has 8 aromatic rings. The van der Waals surface area contributed by atoms with Crippen LogP contribution in [0.1, 0.15) is 49.9 Å². The highest BCUT2D eigenvalue weighted by Crippen LogP contribution is 2.57. The van der Waals surface area contributed by atoms with Crippen LogP contribution in [0.5, 0.6) is 0 Å². The summed E-state index contributed by atoms with van der Waals surface area (Å²) in [5, 5.41) is 2.72. The fourth-order valence-electron chi connectivity index (χ4n) is 8.91. The Labute approximate surface area is 303 Å². The lowest BCUT2D eigenvalue weighted by atomic mass is 9.71. The lowest BCUT2D eigenvalue weighted by Crippen LogP contribution is -2.31. The molecule has 51 heavy (non-hydrogen) atoms. The number of rotatable bonds is 3. The SMILES string of the molecule is CC1(C)c2ccccc2N(c2ccc(-c3ccc4c(c3)C(C)(C)c3c(ccc5sc6ccccc6c35)N4c3ccccc3)cc2)c2ccccc21. The number of fused-ring (bicyclic) bond motifs is 8. The van der Waals surface area contributed by atoms with E-state index < -0.39 is 0 Å². The Balaban J connectivity index is 1.12. The van der Waals surface area contributed by atoms with Gasteiger partial charge in [0.1, 0.15) is 0 Å². The van der Waals surface area contributed by atoms with Gasteiger partial charge in [-0.3, -0.25) is 0 Å². The first-order chi connectivity index (χ1) is 24.8. The molecule has 0 saturated carbocycles. The molecule has 246 valence electrons. The number of hydrogen-bond acceptors (Lipinski definition) is 3. The van der Waals surface area contributed by atoms with Crippen LogP contribution in [0.2, 0.25) is 0 Å². The highest BCUT2D eigenvalue weighted by molar-refractivity contribution is 7.25. The number of para-hydroxylation sites is 3. The van der Waals surface area contributed by atoms with E-state index in [2.05, 4.69) is 195 Å². The van der Waals surface area contributed by atoms with E-state index in [9.17, 15) is 0 Å². The van der Waals surface area contributed by atoms with Crippen molar-refractivity contribution >= 4 is 65.6 Å². The molecule has 0 fully saturated rings. The molecule has 0 spiro atoms. The van der Waals surface area contributed by atoms with Crippen LogP contribution in [-0.2, 0) is 10.8 Å². The summed E-state index contributed by atoms with van der Waals surface area (Å²) in [7, 11) is 0. The molecule has 3 heterocycles. The average molecular weight is 675 g/mol. The molecule has 10 rings (SSSR count). The fraction of sp³-hybridized carbons (Fsp3) is 0.125. The number of hydrogen-bond donors (Lipinski definition) is 0. The maximum Gasteiger partial charge on any atom is 0.0509 e. The van der Waals surface area contributed by atoms with Gasteiger partial charge < -0.3 is 9.80 Å². The highest BCUT2D eigenvalue weighted by atomic mass is 32.1. The van der Waals surface area contributed by atoms with Gasteiger partial charge in [-0.25, -0.2) is 0 Å². The summed E-state index contributed by atoms with van der Waals surface area (Å²) in [4.78, 5) is 4.90. The molecule has 1 aromatic heterocycles. The Morgan fingerprint density at radius 2 is 0.961 bits per heavy atom. The molecule has 0 unspecified atom stereocenters. The second kappa shape index (κ2) is 10.9. The zero-order chi connectivity index (χ0) is 34.5. The van der Waals surface area contributed by atoms with Crippen molar-refractivity contribution in [3.05, 3.63) is 180 Å². The van der Waals surface area contributed by atoms with Crippen LogP contribution in [0.4, 0.5) is 34.1 Å². The van der Waals surface area contributed by atoms with E-state index in [-0.39, 0.29) is 10.8 Å². The van der Waals surface area contributed by atoms with E-state index >= 15 is 0 Å². The molecule has 3 heteroatoms. The summed E-state index contributed by atoms with van der Waals surface area (Å²) < 4.78 is 2.68. The largest absolute Gasteiger partial charge is 0.310 e. The van der Waals surface area contributed by atoms with Crippen LogP contribution in [0.15, 0.2) is 158 Å². The van der Waals surface area contributed by atoms with Crippen LogP contribution in [0, 0.1) is 0 Å². The van der Waals surface area contributed by atoms with E-state index in [0.29, 0.717) is 0 Å². The predicted octanol–water partition coefficient (Wildman–Crippen LogP) is 13.9. The Hall–Kier alpha value is -5.64. The first-order valence-electron chi connectivity index (χ1n) is 17.9. The van der Waals surface area contributed by atoms with Crippen LogP contribution in [0.3, 0.4) is 0 Å². The first kappa shape index (κ1) is 30.2. The Kier molecular flexibility index (Phi) is 6.47. The molecular weight excluding hydrogens is 637 g/mol. The zero-order valence-electron chi connectivity index (χ0n) is 29.3. The molecule has 0 saturated heterocycles. The van der Waals surface area contributed by atoms with Crippen LogP contribution >= 0.6 is 11.3 Å². The van der Waals surface area contributed by atoms with Gasteiger partial charge in [-0.15, -0.1) is 11.3 Å². The van der Waals surface area contributed by atoms with Gasteiger partial charge in [-0.1, -0.05) is 119 Å². The Morgan fingerprint density at radius 1 is 0.412 bits per heavy atom. The van der Waals surface area contributed by atoms with Gasteiger partial charge in [0.25, 0.3) is 0 Å². The number of nitrogens with zero attached hydrogens (tertiary/aromatic N) is 2. The minimum absolute atomic E-state index is 0.0767. The zero-order valence-corrected chi connectivity index (χ0v) is 30.1. The minimum atomic E-state index is -0.233. The standard InChI is InChI=1S/C48H38N2S/c1-47(2)36-17-9-11-19-39(36)49(40-20-12-10-18-37(40)47)34-25-22-31(23-26-34)32-24-27-41-38(30-32)48(3,4)46-42(50(41)33-14-6-5-7-15-33)28-29-44-45(46)35-16-8-13-21-43(35)51-44/h5-30H,1-4H3.